The summed E-state index contributed by atoms with van der Waals surface area (Å²) in [5, 5.41) is 0. The van der Waals surface area contributed by atoms with Crippen molar-refractivity contribution in [3.63, 3.8) is 0 Å². The van der Waals surface area contributed by atoms with Gasteiger partial charge in [-0.3, -0.25) is 4.79 Å². The normalized spacial score (nSPS) is 12.0. The standard InChI is InChI=1S/C24H28N3O4PS/c1-4-32(29,5-2)16-33(30,31)20-12-8-18(9-13-20)14-22(28)23-24(25)26-15-21(27-23)19-10-6-17(3)7-11-19/h6-13,15H,4-5,14,16H2,1-3H3,(H2,25,26). The quantitative estimate of drug-likeness (QED) is 0.347. The number of hydrogen-bond acceptors (Lipinski definition) is 7. The lowest BCUT2D eigenvalue weighted by molar-refractivity contribution is 0.0989. The predicted octanol–water partition coefficient (Wildman–Crippen LogP) is 4.59. The maximum atomic E-state index is 12.9. The fourth-order valence-electron chi connectivity index (χ4n) is 3.34. The van der Waals surface area contributed by atoms with Crippen molar-refractivity contribution >= 4 is 28.6 Å². The summed E-state index contributed by atoms with van der Waals surface area (Å²) in [6.45, 7) is 5.48. The number of ketones is 1. The fourth-order valence-corrected chi connectivity index (χ4v) is 8.87. The Morgan fingerprint density at radius 2 is 1.61 bits per heavy atom. The highest BCUT2D eigenvalue weighted by molar-refractivity contribution is 7.99. The second-order valence-electron chi connectivity index (χ2n) is 8.03. The van der Waals surface area contributed by atoms with Crippen LogP contribution >= 0.6 is 7.14 Å². The number of aryl methyl sites for hydroxylation is 1. The smallest absolute Gasteiger partial charge is 0.189 e. The topological polar surface area (TPSA) is 120 Å². The Balaban J connectivity index is 1.79. The molecule has 3 rings (SSSR count). The molecule has 0 aliphatic rings. The highest BCUT2D eigenvalue weighted by atomic mass is 32.2. The van der Waals surface area contributed by atoms with Crippen molar-refractivity contribution in [3.05, 3.63) is 71.5 Å². The Morgan fingerprint density at radius 1 is 1.00 bits per heavy atom. The van der Waals surface area contributed by atoms with Gasteiger partial charge in [-0.15, -0.1) is 0 Å². The maximum Gasteiger partial charge on any atom is 0.189 e. The Morgan fingerprint density at radius 3 is 2.18 bits per heavy atom. The lowest BCUT2D eigenvalue weighted by Gasteiger charge is -2.14. The number of Topliss-reactive ketones (excluding diaryl/α,β-unsaturated/α-hetero) is 1. The van der Waals surface area contributed by atoms with Gasteiger partial charge < -0.3 is 10.3 Å². The van der Waals surface area contributed by atoms with Gasteiger partial charge in [-0.25, -0.2) is 18.4 Å². The van der Waals surface area contributed by atoms with Gasteiger partial charge in [0.2, 0.25) is 0 Å². The zero-order valence-electron chi connectivity index (χ0n) is 19.0. The van der Waals surface area contributed by atoms with E-state index in [4.69, 9.17) is 5.73 Å². The van der Waals surface area contributed by atoms with Crippen LogP contribution in [0.25, 0.3) is 11.3 Å². The molecule has 33 heavy (non-hydrogen) atoms. The van der Waals surface area contributed by atoms with E-state index in [2.05, 4.69) is 9.97 Å². The summed E-state index contributed by atoms with van der Waals surface area (Å²) in [5.74, 6) is -0.268. The molecule has 2 aromatic carbocycles. The van der Waals surface area contributed by atoms with Crippen molar-refractivity contribution < 1.29 is 17.8 Å². The summed E-state index contributed by atoms with van der Waals surface area (Å²) in [5.41, 5.74) is 8.75. The number of rotatable bonds is 9. The van der Waals surface area contributed by atoms with Crippen LogP contribution in [0.15, 0.2) is 59.6 Å². The van der Waals surface area contributed by atoms with E-state index >= 15 is 0 Å². The second kappa shape index (κ2) is 9.98. The first-order valence-electron chi connectivity index (χ1n) is 10.7. The van der Waals surface area contributed by atoms with Crippen molar-refractivity contribution in [1.29, 1.82) is 0 Å². The first-order chi connectivity index (χ1) is 15.6. The van der Waals surface area contributed by atoms with E-state index in [1.807, 2.05) is 31.2 Å². The molecule has 174 valence electrons. The molecule has 2 N–H and O–H groups in total. The van der Waals surface area contributed by atoms with Gasteiger partial charge in [0.1, 0.15) is 18.3 Å². The van der Waals surface area contributed by atoms with E-state index in [-0.39, 0.29) is 34.1 Å². The largest absolute Gasteiger partial charge is 0.382 e. The number of nitrogens with two attached hydrogens (primary N) is 1. The molecule has 0 saturated heterocycles. The van der Waals surface area contributed by atoms with Crippen LogP contribution in [0.2, 0.25) is 0 Å². The van der Waals surface area contributed by atoms with E-state index < -0.39 is 17.0 Å². The van der Waals surface area contributed by atoms with Crippen LogP contribution in [0.1, 0.15) is 35.5 Å². The summed E-state index contributed by atoms with van der Waals surface area (Å²) in [7, 11) is -6.43. The molecular weight excluding hydrogens is 457 g/mol. The summed E-state index contributed by atoms with van der Waals surface area (Å²) in [6, 6.07) is 13.8. The average molecular weight is 486 g/mol. The van der Waals surface area contributed by atoms with Crippen molar-refractivity contribution in [2.75, 3.05) is 23.6 Å². The third-order valence-electron chi connectivity index (χ3n) is 5.62. The van der Waals surface area contributed by atoms with Gasteiger partial charge in [0.25, 0.3) is 0 Å². The van der Waals surface area contributed by atoms with Crippen LogP contribution in [0, 0.1) is 6.92 Å². The van der Waals surface area contributed by atoms with Crippen LogP contribution in [0.3, 0.4) is 0 Å². The summed E-state index contributed by atoms with van der Waals surface area (Å²) in [4.78, 5) is 21.5. The molecule has 0 amide bonds. The monoisotopic (exact) mass is 485 g/mol. The molecule has 1 aromatic heterocycles. The van der Waals surface area contributed by atoms with Crippen LogP contribution < -0.4 is 5.73 Å². The number of benzene rings is 2. The summed E-state index contributed by atoms with van der Waals surface area (Å²) >= 11 is 0. The number of aromatic nitrogens is 2. The SMILES string of the molecule is CCP(=O)(CC)CS(=O)(=O)c1ccc(CC(=O)c2nc(-c3ccc(C)cc3)cnc2N)cc1. The predicted molar refractivity (Wildman–Crippen MR) is 132 cm³/mol. The summed E-state index contributed by atoms with van der Waals surface area (Å²) in [6.07, 6.45) is 2.22. The van der Waals surface area contributed by atoms with E-state index in [0.717, 1.165) is 11.1 Å². The Kier molecular flexibility index (Phi) is 7.50. The highest BCUT2D eigenvalue weighted by Crippen LogP contribution is 2.46. The molecule has 9 heteroatoms. The van der Waals surface area contributed by atoms with Gasteiger partial charge in [0.05, 0.1) is 16.8 Å². The van der Waals surface area contributed by atoms with Gasteiger partial charge in [0, 0.05) is 12.0 Å². The van der Waals surface area contributed by atoms with E-state index in [1.54, 1.807) is 26.0 Å². The molecule has 0 bridgehead atoms. The zero-order valence-corrected chi connectivity index (χ0v) is 20.7. The number of carbonyl (C=O) groups excluding carboxylic acids is 1. The van der Waals surface area contributed by atoms with E-state index in [9.17, 15) is 17.8 Å². The lowest BCUT2D eigenvalue weighted by Crippen LogP contribution is -2.12. The van der Waals surface area contributed by atoms with Crippen molar-refractivity contribution in [3.8, 4) is 11.3 Å². The molecule has 0 atom stereocenters. The molecule has 7 nitrogen and oxygen atoms in total. The Bertz CT molecular complexity index is 1300. The second-order valence-corrected chi connectivity index (χ2v) is 14.1. The average Bonchev–Trinajstić information content (AvgIpc) is 2.80. The first-order valence-corrected chi connectivity index (χ1v) is 14.6. The Labute approximate surface area is 194 Å². The third-order valence-corrected chi connectivity index (χ3v) is 12.2. The third kappa shape index (κ3) is 5.95. The maximum absolute atomic E-state index is 12.9. The number of anilines is 1. The van der Waals surface area contributed by atoms with Crippen molar-refractivity contribution in [2.24, 2.45) is 0 Å². The van der Waals surface area contributed by atoms with Gasteiger partial charge in [-0.1, -0.05) is 55.8 Å². The minimum Gasteiger partial charge on any atom is -0.382 e. The number of nitrogen functional groups attached to an aromatic ring is 1. The molecule has 0 spiro atoms. The zero-order chi connectivity index (χ0) is 24.2. The van der Waals surface area contributed by atoms with Crippen LogP contribution in [0.5, 0.6) is 0 Å². The number of carbonyl (C=O) groups is 1. The van der Waals surface area contributed by atoms with Gasteiger partial charge >= 0.3 is 0 Å². The minimum atomic E-state index is -3.68. The molecule has 0 radical (unpaired) electrons. The van der Waals surface area contributed by atoms with E-state index in [1.165, 1.54) is 18.3 Å². The lowest BCUT2D eigenvalue weighted by atomic mass is 10.1. The van der Waals surface area contributed by atoms with Gasteiger partial charge in [0.15, 0.2) is 21.4 Å². The fraction of sp³-hybridized carbons (Fsp3) is 0.292. The minimum absolute atomic E-state index is 0.00102. The number of nitrogens with zero attached hydrogens (tertiary/aromatic N) is 2. The number of sulfone groups is 1. The van der Waals surface area contributed by atoms with Gasteiger partial charge in [-0.05, 0) is 36.9 Å². The van der Waals surface area contributed by atoms with Crippen molar-refractivity contribution in [1.82, 2.24) is 9.97 Å². The number of hydrogen-bond donors (Lipinski definition) is 1. The Hall–Kier alpha value is -2.83. The van der Waals surface area contributed by atoms with Crippen LogP contribution in [-0.4, -0.2) is 42.0 Å². The van der Waals surface area contributed by atoms with Gasteiger partial charge in [-0.2, -0.15) is 0 Å². The first kappa shape index (κ1) is 24.8. The molecule has 0 unspecified atom stereocenters. The molecule has 1 heterocycles. The summed E-state index contributed by atoms with van der Waals surface area (Å²) < 4.78 is 38.0. The molecule has 0 aliphatic carbocycles. The van der Waals surface area contributed by atoms with Crippen LogP contribution in [0.4, 0.5) is 5.82 Å². The molecular formula is C24H28N3O4PS. The molecule has 0 fully saturated rings. The highest BCUT2D eigenvalue weighted by Gasteiger charge is 2.27. The molecule has 0 saturated carbocycles. The van der Waals surface area contributed by atoms with Crippen LogP contribution in [-0.2, 0) is 20.8 Å². The molecule has 3 aromatic rings. The molecule has 0 aliphatic heterocycles. The van der Waals surface area contributed by atoms with E-state index in [0.29, 0.717) is 23.6 Å². The van der Waals surface area contributed by atoms with Crippen molar-refractivity contribution in [2.45, 2.75) is 32.1 Å².